The molecule has 2 radical (unpaired) electrons. The molecule has 13 heavy (non-hydrogen) atoms. The van der Waals surface area contributed by atoms with E-state index in [1.165, 1.54) is 5.69 Å². The number of hydrogen-bond donors (Lipinski definition) is 1. The van der Waals surface area contributed by atoms with Gasteiger partial charge in [-0.25, -0.2) is 0 Å². The zero-order valence-electron chi connectivity index (χ0n) is 8.03. The van der Waals surface area contributed by atoms with Crippen molar-refractivity contribution in [1.82, 2.24) is 5.32 Å². The van der Waals surface area contributed by atoms with Crippen LogP contribution in [0, 0.1) is 7.05 Å². The lowest BCUT2D eigenvalue weighted by atomic mass is 10.3. The molecule has 2 heteroatoms. The average Bonchev–Trinajstić information content (AvgIpc) is 2.19. The minimum atomic E-state index is 0.858. The number of rotatable bonds is 5. The third-order valence-electron chi connectivity index (χ3n) is 2.01. The average molecular weight is 176 g/mol. The lowest BCUT2D eigenvalue weighted by Gasteiger charge is -2.18. The monoisotopic (exact) mass is 176 g/mol. The smallest absolute Gasteiger partial charge is 0.0407 e. The second kappa shape index (κ2) is 5.60. The van der Waals surface area contributed by atoms with Crippen LogP contribution in [0.5, 0.6) is 0 Å². The predicted molar refractivity (Wildman–Crippen MR) is 56.6 cm³/mol. The number of nitrogens with zero attached hydrogens (tertiary/aromatic N) is 1. The number of hydrogen-bond acceptors (Lipinski definition) is 2. The fourth-order valence-electron chi connectivity index (χ4n) is 1.23. The van der Waals surface area contributed by atoms with Crippen LogP contribution in [0.2, 0.25) is 0 Å². The van der Waals surface area contributed by atoms with E-state index in [4.69, 9.17) is 7.05 Å². The molecular weight excluding hydrogens is 160 g/mol. The van der Waals surface area contributed by atoms with Gasteiger partial charge in [0.05, 0.1) is 0 Å². The Morgan fingerprint density at radius 1 is 1.31 bits per heavy atom. The Bertz CT molecular complexity index is 221. The summed E-state index contributed by atoms with van der Waals surface area (Å²) in [5.74, 6) is 0. The Labute approximate surface area is 80.6 Å². The first kappa shape index (κ1) is 10.1. The summed E-state index contributed by atoms with van der Waals surface area (Å²) in [6, 6.07) is 10.3. The molecule has 70 valence electrons. The van der Waals surface area contributed by atoms with E-state index >= 15 is 0 Å². The predicted octanol–water partition coefficient (Wildman–Crippen LogP) is 1.77. The van der Waals surface area contributed by atoms with Gasteiger partial charge in [-0.1, -0.05) is 18.2 Å². The molecule has 0 heterocycles. The number of nitrogens with one attached hydrogen (secondary N) is 1. The van der Waals surface area contributed by atoms with Gasteiger partial charge in [-0.05, 0) is 25.1 Å². The zero-order valence-corrected chi connectivity index (χ0v) is 8.03. The molecule has 0 unspecified atom stereocenters. The van der Waals surface area contributed by atoms with E-state index in [1.807, 2.05) is 18.2 Å². The third kappa shape index (κ3) is 3.47. The molecule has 0 saturated heterocycles. The molecule has 0 saturated carbocycles. The standard InChI is InChI=1S/C11H16N2/c1-12-9-6-10-13(2)11-7-4-3-5-8-11/h1,3-5,7-8,12H,6,9-10H2,2H3. The van der Waals surface area contributed by atoms with Crippen LogP contribution in [0.1, 0.15) is 6.42 Å². The highest BCUT2D eigenvalue weighted by atomic mass is 15.1. The normalized spacial score (nSPS) is 10.0. The Kier molecular flexibility index (Phi) is 4.33. The molecule has 0 aliphatic heterocycles. The maximum Gasteiger partial charge on any atom is 0.0407 e. The van der Waals surface area contributed by atoms with Crippen molar-refractivity contribution in [2.24, 2.45) is 0 Å². The van der Waals surface area contributed by atoms with Gasteiger partial charge < -0.3 is 10.2 Å². The van der Waals surface area contributed by atoms with Gasteiger partial charge in [-0.3, -0.25) is 0 Å². The van der Waals surface area contributed by atoms with Gasteiger partial charge in [-0.15, -0.1) is 0 Å². The molecule has 0 bridgehead atoms. The number of benzene rings is 1. The van der Waals surface area contributed by atoms with Gasteiger partial charge in [0, 0.05) is 26.3 Å². The van der Waals surface area contributed by atoms with Gasteiger partial charge >= 0.3 is 0 Å². The Balaban J connectivity index is 2.35. The van der Waals surface area contributed by atoms with Crippen LogP contribution in [-0.2, 0) is 0 Å². The van der Waals surface area contributed by atoms with Crippen LogP contribution >= 0.6 is 0 Å². The first-order valence-electron chi connectivity index (χ1n) is 4.54. The maximum absolute atomic E-state index is 5.18. The Hall–Kier alpha value is -1.02. The highest BCUT2D eigenvalue weighted by molar-refractivity contribution is 5.44. The molecule has 2 nitrogen and oxygen atoms in total. The van der Waals surface area contributed by atoms with Crippen molar-refractivity contribution in [3.63, 3.8) is 0 Å². The summed E-state index contributed by atoms with van der Waals surface area (Å²) in [5.41, 5.74) is 1.25. The van der Waals surface area contributed by atoms with Gasteiger partial charge in [-0.2, -0.15) is 0 Å². The minimum Gasteiger partial charge on any atom is -0.375 e. The van der Waals surface area contributed by atoms with Crippen molar-refractivity contribution in [2.75, 3.05) is 25.0 Å². The van der Waals surface area contributed by atoms with E-state index < -0.39 is 0 Å². The van der Waals surface area contributed by atoms with Gasteiger partial charge in [0.15, 0.2) is 0 Å². The fraction of sp³-hybridized carbons (Fsp3) is 0.364. The quantitative estimate of drug-likeness (QED) is 0.543. The lowest BCUT2D eigenvalue weighted by Crippen LogP contribution is -2.21. The van der Waals surface area contributed by atoms with Crippen LogP contribution in [0.25, 0.3) is 0 Å². The summed E-state index contributed by atoms with van der Waals surface area (Å²) in [6.07, 6.45) is 1.06. The van der Waals surface area contributed by atoms with Gasteiger partial charge in [0.1, 0.15) is 0 Å². The Morgan fingerprint density at radius 2 is 2.00 bits per heavy atom. The van der Waals surface area contributed by atoms with E-state index in [0.717, 1.165) is 19.5 Å². The fourth-order valence-corrected chi connectivity index (χ4v) is 1.23. The summed E-state index contributed by atoms with van der Waals surface area (Å²) in [5, 5.41) is 2.65. The molecule has 0 aromatic heterocycles. The highest BCUT2D eigenvalue weighted by Crippen LogP contribution is 2.10. The molecule has 1 rings (SSSR count). The van der Waals surface area contributed by atoms with E-state index in [0.29, 0.717) is 0 Å². The van der Waals surface area contributed by atoms with E-state index in [2.05, 4.69) is 29.4 Å². The van der Waals surface area contributed by atoms with E-state index in [1.54, 1.807) is 0 Å². The molecule has 1 aromatic rings. The SMILES string of the molecule is [CH]NCCCN(C)c1ccccc1. The number of anilines is 1. The summed E-state index contributed by atoms with van der Waals surface area (Å²) < 4.78 is 0. The van der Waals surface area contributed by atoms with E-state index in [-0.39, 0.29) is 0 Å². The van der Waals surface area contributed by atoms with Gasteiger partial charge in [0.2, 0.25) is 0 Å². The Morgan fingerprint density at radius 3 is 2.62 bits per heavy atom. The topological polar surface area (TPSA) is 15.3 Å². The second-order valence-corrected chi connectivity index (χ2v) is 3.06. The molecule has 0 amide bonds. The molecule has 1 aromatic carbocycles. The first-order valence-corrected chi connectivity index (χ1v) is 4.54. The first-order chi connectivity index (χ1) is 6.34. The summed E-state index contributed by atoms with van der Waals surface area (Å²) >= 11 is 0. The van der Waals surface area contributed by atoms with Gasteiger partial charge in [0.25, 0.3) is 0 Å². The minimum absolute atomic E-state index is 0.858. The summed E-state index contributed by atoms with van der Waals surface area (Å²) in [6.45, 7) is 1.88. The van der Waals surface area contributed by atoms with Crippen molar-refractivity contribution in [2.45, 2.75) is 6.42 Å². The van der Waals surface area contributed by atoms with Crippen LogP contribution < -0.4 is 10.2 Å². The molecule has 0 fully saturated rings. The van der Waals surface area contributed by atoms with Crippen molar-refractivity contribution in [3.05, 3.63) is 37.4 Å². The maximum atomic E-state index is 5.18. The van der Waals surface area contributed by atoms with Crippen molar-refractivity contribution in [3.8, 4) is 0 Å². The van der Waals surface area contributed by atoms with Crippen molar-refractivity contribution >= 4 is 5.69 Å². The zero-order chi connectivity index (χ0) is 9.52. The molecule has 0 aliphatic rings. The lowest BCUT2D eigenvalue weighted by molar-refractivity contribution is 0.733. The van der Waals surface area contributed by atoms with Crippen molar-refractivity contribution in [1.29, 1.82) is 0 Å². The van der Waals surface area contributed by atoms with Crippen LogP contribution in [-0.4, -0.2) is 20.1 Å². The van der Waals surface area contributed by atoms with Crippen molar-refractivity contribution < 1.29 is 0 Å². The largest absolute Gasteiger partial charge is 0.375 e. The molecular formula is C11H16N2. The highest BCUT2D eigenvalue weighted by Gasteiger charge is 1.97. The molecule has 0 atom stereocenters. The molecule has 0 spiro atoms. The number of para-hydroxylation sites is 1. The van der Waals surface area contributed by atoms with Crippen LogP contribution in [0.3, 0.4) is 0 Å². The molecule has 0 aliphatic carbocycles. The third-order valence-corrected chi connectivity index (χ3v) is 2.01. The summed E-state index contributed by atoms with van der Waals surface area (Å²) in [7, 11) is 7.27. The van der Waals surface area contributed by atoms with Crippen LogP contribution in [0.4, 0.5) is 5.69 Å². The molecule has 1 N–H and O–H groups in total. The van der Waals surface area contributed by atoms with Crippen LogP contribution in [0.15, 0.2) is 30.3 Å². The summed E-state index contributed by atoms with van der Waals surface area (Å²) in [4.78, 5) is 2.22. The van der Waals surface area contributed by atoms with E-state index in [9.17, 15) is 0 Å². The second-order valence-electron chi connectivity index (χ2n) is 3.06.